The smallest absolute Gasteiger partial charge is 0.246 e. The number of hydrogen-bond donors (Lipinski definition) is 3. The van der Waals surface area contributed by atoms with E-state index in [4.69, 9.17) is 5.11 Å². The Labute approximate surface area is 92.5 Å². The molecule has 0 saturated heterocycles. The first-order chi connectivity index (χ1) is 7.63. The molecule has 0 saturated carbocycles. The molecule has 0 radical (unpaired) electrons. The van der Waals surface area contributed by atoms with Crippen LogP contribution in [-0.4, -0.2) is 24.2 Å². The van der Waals surface area contributed by atoms with Gasteiger partial charge in [0, 0.05) is 12.1 Å². The third kappa shape index (κ3) is 1.79. The molecule has 1 unspecified atom stereocenters. The molecule has 1 aliphatic heterocycles. The fourth-order valence-electron chi connectivity index (χ4n) is 1.88. The lowest BCUT2D eigenvalue weighted by atomic mass is 10.1. The summed E-state index contributed by atoms with van der Waals surface area (Å²) in [7, 11) is 0. The number of anilines is 1. The highest BCUT2D eigenvalue weighted by atomic mass is 19.1. The SMILES string of the molecule is Cc1cc(F)c2c(c1)C(NCCO)C(=O)N2. The molecule has 3 N–H and O–H groups in total. The lowest BCUT2D eigenvalue weighted by Crippen LogP contribution is -2.29. The maximum Gasteiger partial charge on any atom is 0.246 e. The molecule has 0 bridgehead atoms. The van der Waals surface area contributed by atoms with E-state index in [1.165, 1.54) is 6.07 Å². The van der Waals surface area contributed by atoms with Crippen molar-refractivity contribution in [1.29, 1.82) is 0 Å². The topological polar surface area (TPSA) is 61.4 Å². The third-order valence-electron chi connectivity index (χ3n) is 2.55. The summed E-state index contributed by atoms with van der Waals surface area (Å²) in [4.78, 5) is 11.6. The maximum atomic E-state index is 13.5. The van der Waals surface area contributed by atoms with Crippen LogP contribution in [0.1, 0.15) is 17.2 Å². The van der Waals surface area contributed by atoms with E-state index in [0.717, 1.165) is 5.56 Å². The van der Waals surface area contributed by atoms with Crippen LogP contribution in [0.2, 0.25) is 0 Å². The van der Waals surface area contributed by atoms with E-state index in [0.29, 0.717) is 12.1 Å². The Bertz CT molecular complexity index is 434. The zero-order valence-electron chi connectivity index (χ0n) is 8.88. The van der Waals surface area contributed by atoms with Crippen molar-refractivity contribution in [2.24, 2.45) is 0 Å². The number of benzene rings is 1. The number of carbonyl (C=O) groups excluding carboxylic acids is 1. The number of amides is 1. The molecule has 1 atom stereocenters. The van der Waals surface area contributed by atoms with Gasteiger partial charge in [0.05, 0.1) is 12.3 Å². The van der Waals surface area contributed by atoms with Crippen molar-refractivity contribution in [3.63, 3.8) is 0 Å². The molecule has 86 valence electrons. The highest BCUT2D eigenvalue weighted by Crippen LogP contribution is 2.33. The summed E-state index contributed by atoms with van der Waals surface area (Å²) in [6.07, 6.45) is 0. The second-order valence-corrected chi connectivity index (χ2v) is 3.81. The fraction of sp³-hybridized carbons (Fsp3) is 0.364. The first kappa shape index (κ1) is 11.0. The molecule has 0 spiro atoms. The van der Waals surface area contributed by atoms with Gasteiger partial charge in [-0.05, 0) is 18.6 Å². The van der Waals surface area contributed by atoms with Crippen LogP contribution in [-0.2, 0) is 4.79 Å². The van der Waals surface area contributed by atoms with Crippen LogP contribution in [0.5, 0.6) is 0 Å². The second kappa shape index (κ2) is 4.19. The van der Waals surface area contributed by atoms with Gasteiger partial charge < -0.3 is 10.4 Å². The van der Waals surface area contributed by atoms with Gasteiger partial charge >= 0.3 is 0 Å². The Balaban J connectivity index is 2.36. The van der Waals surface area contributed by atoms with Crippen molar-refractivity contribution in [2.75, 3.05) is 18.5 Å². The normalized spacial score (nSPS) is 18.4. The van der Waals surface area contributed by atoms with E-state index in [2.05, 4.69) is 10.6 Å². The van der Waals surface area contributed by atoms with Crippen molar-refractivity contribution >= 4 is 11.6 Å². The number of aliphatic hydroxyl groups excluding tert-OH is 1. The predicted octanol–water partition coefficient (Wildman–Crippen LogP) is 0.709. The van der Waals surface area contributed by atoms with E-state index in [1.807, 2.05) is 0 Å². The Morgan fingerprint density at radius 1 is 1.56 bits per heavy atom. The largest absolute Gasteiger partial charge is 0.395 e. The lowest BCUT2D eigenvalue weighted by molar-refractivity contribution is -0.117. The van der Waals surface area contributed by atoms with E-state index in [1.54, 1.807) is 13.0 Å². The molecular weight excluding hydrogens is 211 g/mol. The van der Waals surface area contributed by atoms with Crippen molar-refractivity contribution in [3.8, 4) is 0 Å². The van der Waals surface area contributed by atoms with Crippen molar-refractivity contribution in [1.82, 2.24) is 5.32 Å². The van der Waals surface area contributed by atoms with Gasteiger partial charge in [-0.15, -0.1) is 0 Å². The van der Waals surface area contributed by atoms with Gasteiger partial charge in [-0.1, -0.05) is 6.07 Å². The number of halogens is 1. The zero-order chi connectivity index (χ0) is 11.7. The number of rotatable bonds is 3. The van der Waals surface area contributed by atoms with Crippen molar-refractivity contribution in [3.05, 3.63) is 29.1 Å². The average molecular weight is 224 g/mol. The third-order valence-corrected chi connectivity index (χ3v) is 2.55. The lowest BCUT2D eigenvalue weighted by Gasteiger charge is -2.10. The van der Waals surface area contributed by atoms with Crippen LogP contribution in [0, 0.1) is 12.7 Å². The van der Waals surface area contributed by atoms with Crippen LogP contribution in [0.25, 0.3) is 0 Å². The molecule has 1 heterocycles. The van der Waals surface area contributed by atoms with Gasteiger partial charge in [0.25, 0.3) is 0 Å². The molecule has 0 aromatic heterocycles. The van der Waals surface area contributed by atoms with Gasteiger partial charge in [-0.25, -0.2) is 4.39 Å². The summed E-state index contributed by atoms with van der Waals surface area (Å²) >= 11 is 0. The quantitative estimate of drug-likeness (QED) is 0.708. The summed E-state index contributed by atoms with van der Waals surface area (Å²) in [5, 5.41) is 14.1. The Kier molecular flexibility index (Phi) is 2.89. The van der Waals surface area contributed by atoms with E-state index in [9.17, 15) is 9.18 Å². The molecule has 4 nitrogen and oxygen atoms in total. The minimum Gasteiger partial charge on any atom is -0.395 e. The van der Waals surface area contributed by atoms with Gasteiger partial charge in [-0.2, -0.15) is 0 Å². The minimum absolute atomic E-state index is 0.0621. The van der Waals surface area contributed by atoms with Gasteiger partial charge in [0.1, 0.15) is 11.9 Å². The van der Waals surface area contributed by atoms with Gasteiger partial charge in [0.2, 0.25) is 5.91 Å². The molecule has 1 aromatic carbocycles. The van der Waals surface area contributed by atoms with Crippen LogP contribution in [0.4, 0.5) is 10.1 Å². The van der Waals surface area contributed by atoms with E-state index in [-0.39, 0.29) is 18.2 Å². The summed E-state index contributed by atoms with van der Waals surface area (Å²) < 4.78 is 13.5. The molecule has 1 aliphatic rings. The monoisotopic (exact) mass is 224 g/mol. The minimum atomic E-state index is -0.573. The summed E-state index contributed by atoms with van der Waals surface area (Å²) in [6, 6.07) is 2.58. The van der Waals surface area contributed by atoms with Crippen LogP contribution in [0.3, 0.4) is 0 Å². The molecule has 0 aliphatic carbocycles. The Morgan fingerprint density at radius 2 is 2.31 bits per heavy atom. The average Bonchev–Trinajstić information content (AvgIpc) is 2.53. The zero-order valence-corrected chi connectivity index (χ0v) is 8.88. The standard InChI is InChI=1S/C11H13FN2O2/c1-6-4-7-9(8(12)5-6)14-11(16)10(7)13-2-3-15/h4-5,10,13,15H,2-3H2,1H3,(H,14,16). The summed E-state index contributed by atoms with van der Waals surface area (Å²) in [5.74, 6) is -0.704. The first-order valence-electron chi connectivity index (χ1n) is 5.08. The highest BCUT2D eigenvalue weighted by molar-refractivity contribution is 6.02. The van der Waals surface area contributed by atoms with Crippen LogP contribution in [0.15, 0.2) is 12.1 Å². The van der Waals surface area contributed by atoms with Gasteiger partial charge in [-0.3, -0.25) is 10.1 Å². The molecule has 0 fully saturated rings. The van der Waals surface area contributed by atoms with Crippen LogP contribution >= 0.6 is 0 Å². The summed E-state index contributed by atoms with van der Waals surface area (Å²) in [5.41, 5.74) is 1.62. The summed E-state index contributed by atoms with van der Waals surface area (Å²) in [6.45, 7) is 2.01. The predicted molar refractivity (Wildman–Crippen MR) is 57.6 cm³/mol. The Morgan fingerprint density at radius 3 is 3.00 bits per heavy atom. The highest BCUT2D eigenvalue weighted by Gasteiger charge is 2.32. The number of hydrogen-bond acceptors (Lipinski definition) is 3. The second-order valence-electron chi connectivity index (χ2n) is 3.81. The number of nitrogens with one attached hydrogen (secondary N) is 2. The van der Waals surface area contributed by atoms with Crippen molar-refractivity contribution in [2.45, 2.75) is 13.0 Å². The fourth-order valence-corrected chi connectivity index (χ4v) is 1.88. The maximum absolute atomic E-state index is 13.5. The van der Waals surface area contributed by atoms with E-state index >= 15 is 0 Å². The Hall–Kier alpha value is -1.46. The molecule has 1 aromatic rings. The molecule has 16 heavy (non-hydrogen) atoms. The number of fused-ring (bicyclic) bond motifs is 1. The molecule has 1 amide bonds. The van der Waals surface area contributed by atoms with Crippen molar-refractivity contribution < 1.29 is 14.3 Å². The van der Waals surface area contributed by atoms with Gasteiger partial charge in [0.15, 0.2) is 0 Å². The molecule has 2 rings (SSSR count). The number of carbonyl (C=O) groups is 1. The van der Waals surface area contributed by atoms with Crippen LogP contribution < -0.4 is 10.6 Å². The number of aliphatic hydroxyl groups is 1. The van der Waals surface area contributed by atoms with E-state index < -0.39 is 11.9 Å². The first-order valence-corrected chi connectivity index (χ1v) is 5.08. The molecular formula is C11H13FN2O2. The number of aryl methyl sites for hydroxylation is 1. The molecule has 5 heteroatoms.